The first-order valence-corrected chi connectivity index (χ1v) is 12.4. The first-order chi connectivity index (χ1) is 16.2. The van der Waals surface area contributed by atoms with E-state index in [0.717, 1.165) is 60.3 Å². The van der Waals surface area contributed by atoms with Gasteiger partial charge in [0.1, 0.15) is 0 Å². The first-order valence-electron chi connectivity index (χ1n) is 12.4. The molecule has 33 heavy (non-hydrogen) atoms. The van der Waals surface area contributed by atoms with Gasteiger partial charge in [-0.25, -0.2) is 0 Å². The molecule has 2 heterocycles. The smallest absolute Gasteiger partial charge is 0.192 e. The highest BCUT2D eigenvalue weighted by molar-refractivity contribution is 6.16. The maximum Gasteiger partial charge on any atom is 0.192 e. The van der Waals surface area contributed by atoms with Gasteiger partial charge in [-0.05, 0) is 74.7 Å². The molecule has 0 radical (unpaired) electrons. The van der Waals surface area contributed by atoms with Crippen LogP contribution in [0, 0.1) is 5.92 Å². The molecule has 0 spiro atoms. The number of Topliss-reactive ketones (excluding diaryl/α,β-unsaturated/α-hetero) is 1. The Morgan fingerprint density at radius 2 is 1.76 bits per heavy atom. The van der Waals surface area contributed by atoms with Crippen LogP contribution in [0.3, 0.4) is 0 Å². The predicted octanol–water partition coefficient (Wildman–Crippen LogP) is 5.95. The number of pyridine rings is 1. The lowest BCUT2D eigenvalue weighted by Crippen LogP contribution is -2.33. The molecular formula is C29H33N3O. The average Bonchev–Trinajstić information content (AvgIpc) is 2.85. The number of unbranched alkanes of at least 4 members (excludes halogenated alkanes) is 1. The molecule has 4 nitrogen and oxygen atoms in total. The minimum atomic E-state index is 0.0845. The number of nitrogen functional groups attached to an aromatic ring is 1. The summed E-state index contributed by atoms with van der Waals surface area (Å²) in [6.45, 7) is 3.45. The lowest BCUT2D eigenvalue weighted by atomic mass is 9.86. The van der Waals surface area contributed by atoms with E-state index in [-0.39, 0.29) is 5.78 Å². The number of anilines is 1. The number of carbonyl (C=O) groups is 1. The van der Waals surface area contributed by atoms with E-state index in [1.165, 1.54) is 37.9 Å². The summed E-state index contributed by atoms with van der Waals surface area (Å²) in [4.78, 5) is 20.5. The molecule has 4 heteroatoms. The van der Waals surface area contributed by atoms with E-state index >= 15 is 0 Å². The fourth-order valence-corrected chi connectivity index (χ4v) is 5.40. The Morgan fingerprint density at radius 3 is 2.58 bits per heavy atom. The molecule has 170 valence electrons. The molecule has 0 saturated carbocycles. The van der Waals surface area contributed by atoms with Gasteiger partial charge in [0.15, 0.2) is 5.78 Å². The number of nitrogens with zero attached hydrogens (tertiary/aromatic N) is 2. The molecule has 1 aromatic heterocycles. The van der Waals surface area contributed by atoms with E-state index in [1.807, 2.05) is 24.3 Å². The summed E-state index contributed by atoms with van der Waals surface area (Å²) < 4.78 is 0. The van der Waals surface area contributed by atoms with Crippen molar-refractivity contribution in [3.05, 3.63) is 83.1 Å². The second-order valence-electron chi connectivity index (χ2n) is 9.56. The van der Waals surface area contributed by atoms with Crippen molar-refractivity contribution < 1.29 is 4.79 Å². The van der Waals surface area contributed by atoms with Crippen LogP contribution in [0.5, 0.6) is 0 Å². The molecule has 1 saturated heterocycles. The molecule has 2 N–H and O–H groups in total. The van der Waals surface area contributed by atoms with Crippen LogP contribution in [0.15, 0.2) is 66.2 Å². The molecule has 1 aliphatic heterocycles. The predicted molar refractivity (Wildman–Crippen MR) is 135 cm³/mol. The van der Waals surface area contributed by atoms with Crippen molar-refractivity contribution in [3.63, 3.8) is 0 Å². The van der Waals surface area contributed by atoms with Crippen LogP contribution in [0.1, 0.15) is 60.1 Å². The van der Waals surface area contributed by atoms with Gasteiger partial charge in [-0.2, -0.15) is 0 Å². The van der Waals surface area contributed by atoms with Gasteiger partial charge in [-0.1, -0.05) is 61.0 Å². The Bertz CT molecular complexity index is 1160. The molecular weight excluding hydrogens is 406 g/mol. The quantitative estimate of drug-likeness (QED) is 0.381. The van der Waals surface area contributed by atoms with Crippen molar-refractivity contribution in [1.82, 2.24) is 9.88 Å². The minimum Gasteiger partial charge on any atom is -0.398 e. The molecule has 0 atom stereocenters. The summed E-state index contributed by atoms with van der Waals surface area (Å²) in [6.07, 6.45) is 9.68. The highest BCUT2D eigenvalue weighted by atomic mass is 16.1. The van der Waals surface area contributed by atoms with Crippen LogP contribution in [0.2, 0.25) is 0 Å². The van der Waals surface area contributed by atoms with Gasteiger partial charge in [0.2, 0.25) is 0 Å². The molecule has 5 rings (SSSR count). The number of aromatic nitrogens is 1. The molecule has 0 unspecified atom stereocenters. The molecule has 1 aliphatic carbocycles. The van der Waals surface area contributed by atoms with Gasteiger partial charge in [0.25, 0.3) is 0 Å². The SMILES string of the molecule is Nc1c2c(nc3ccccc13)CC/C(=C\CCCC1CCN(Cc3ccccc3)CC1)C2=O. The third-order valence-electron chi connectivity index (χ3n) is 7.32. The monoisotopic (exact) mass is 439 g/mol. The normalized spacial score (nSPS) is 18.7. The number of rotatable bonds is 6. The maximum atomic E-state index is 13.2. The Hall–Kier alpha value is -2.98. The van der Waals surface area contributed by atoms with Crippen molar-refractivity contribution >= 4 is 22.4 Å². The standard InChI is InChI=1S/C29H33N3O/c30-28-24-12-6-7-13-25(24)31-26-15-14-23(29(33)27(26)28)11-5-4-8-21-16-18-32(19-17-21)20-22-9-2-1-3-10-22/h1-3,6-7,9-13,21H,4-5,8,14-20H2,(H2,30,31)/b23-11+. The van der Waals surface area contributed by atoms with Gasteiger partial charge >= 0.3 is 0 Å². The van der Waals surface area contributed by atoms with Gasteiger partial charge in [0, 0.05) is 11.9 Å². The zero-order valence-corrected chi connectivity index (χ0v) is 19.3. The molecule has 3 aromatic rings. The average molecular weight is 440 g/mol. The summed E-state index contributed by atoms with van der Waals surface area (Å²) in [5, 5.41) is 0.879. The zero-order chi connectivity index (χ0) is 22.6. The number of allylic oxidation sites excluding steroid dienone is 2. The number of fused-ring (bicyclic) bond motifs is 2. The number of hydrogen-bond acceptors (Lipinski definition) is 4. The number of likely N-dealkylation sites (tertiary alicyclic amines) is 1. The maximum absolute atomic E-state index is 13.2. The summed E-state index contributed by atoms with van der Waals surface area (Å²) in [5.41, 5.74) is 11.7. The highest BCUT2D eigenvalue weighted by Crippen LogP contribution is 2.33. The number of carbonyl (C=O) groups excluding carboxylic acids is 1. The van der Waals surface area contributed by atoms with Crippen LogP contribution in [-0.4, -0.2) is 28.8 Å². The van der Waals surface area contributed by atoms with Crippen molar-refractivity contribution in [2.45, 2.75) is 51.5 Å². The van der Waals surface area contributed by atoms with Crippen LogP contribution >= 0.6 is 0 Å². The Balaban J connectivity index is 1.13. The number of nitrogens with two attached hydrogens (primary N) is 1. The third kappa shape index (κ3) is 4.86. The number of hydrogen-bond donors (Lipinski definition) is 1. The van der Waals surface area contributed by atoms with E-state index in [4.69, 9.17) is 10.7 Å². The van der Waals surface area contributed by atoms with Gasteiger partial charge in [-0.3, -0.25) is 14.7 Å². The topological polar surface area (TPSA) is 59.2 Å². The Labute approximate surface area is 196 Å². The Kier molecular flexibility index (Phi) is 6.54. The van der Waals surface area contributed by atoms with Gasteiger partial charge in [0.05, 0.1) is 22.5 Å². The highest BCUT2D eigenvalue weighted by Gasteiger charge is 2.26. The fourth-order valence-electron chi connectivity index (χ4n) is 5.40. The minimum absolute atomic E-state index is 0.0845. The third-order valence-corrected chi connectivity index (χ3v) is 7.32. The van der Waals surface area contributed by atoms with Crippen molar-refractivity contribution in [3.8, 4) is 0 Å². The van der Waals surface area contributed by atoms with Crippen molar-refractivity contribution in [2.24, 2.45) is 5.92 Å². The van der Waals surface area contributed by atoms with Crippen molar-refractivity contribution in [1.29, 1.82) is 0 Å². The summed E-state index contributed by atoms with van der Waals surface area (Å²) in [6, 6.07) is 18.6. The molecule has 1 fully saturated rings. The number of para-hydroxylation sites is 1. The second kappa shape index (κ2) is 9.88. The number of benzene rings is 2. The summed E-state index contributed by atoms with van der Waals surface area (Å²) in [7, 11) is 0. The van der Waals surface area contributed by atoms with E-state index in [2.05, 4.69) is 41.3 Å². The van der Waals surface area contributed by atoms with Crippen LogP contribution < -0.4 is 5.73 Å². The van der Waals surface area contributed by atoms with Gasteiger partial charge < -0.3 is 5.73 Å². The van der Waals surface area contributed by atoms with Crippen molar-refractivity contribution in [2.75, 3.05) is 18.8 Å². The van der Waals surface area contributed by atoms with Crippen LogP contribution in [0.4, 0.5) is 5.69 Å². The second-order valence-corrected chi connectivity index (χ2v) is 9.56. The summed E-state index contributed by atoms with van der Waals surface area (Å²) >= 11 is 0. The Morgan fingerprint density at radius 1 is 1.00 bits per heavy atom. The van der Waals surface area contributed by atoms with E-state index in [0.29, 0.717) is 11.3 Å². The van der Waals surface area contributed by atoms with Gasteiger partial charge in [-0.15, -0.1) is 0 Å². The number of aryl methyl sites for hydroxylation is 1. The van der Waals surface area contributed by atoms with E-state index in [9.17, 15) is 4.79 Å². The van der Waals surface area contributed by atoms with Crippen LogP contribution in [-0.2, 0) is 13.0 Å². The lowest BCUT2D eigenvalue weighted by Gasteiger charge is -2.32. The molecule has 2 aromatic carbocycles. The first kappa shape index (κ1) is 21.8. The molecule has 2 aliphatic rings. The molecule has 0 amide bonds. The number of piperidine rings is 1. The molecule has 0 bridgehead atoms. The van der Waals surface area contributed by atoms with E-state index < -0.39 is 0 Å². The zero-order valence-electron chi connectivity index (χ0n) is 19.3. The van der Waals surface area contributed by atoms with Crippen LogP contribution in [0.25, 0.3) is 10.9 Å². The van der Waals surface area contributed by atoms with E-state index in [1.54, 1.807) is 0 Å². The summed E-state index contributed by atoms with van der Waals surface area (Å²) in [5.74, 6) is 0.894. The lowest BCUT2D eigenvalue weighted by molar-refractivity contribution is 0.102. The number of ketones is 1. The fraction of sp³-hybridized carbons (Fsp3) is 0.379. The largest absolute Gasteiger partial charge is 0.398 e.